The molecule has 3 aromatic rings. The van der Waals surface area contributed by atoms with E-state index < -0.39 is 0 Å². The van der Waals surface area contributed by atoms with Gasteiger partial charge >= 0.3 is 0 Å². The summed E-state index contributed by atoms with van der Waals surface area (Å²) in [4.78, 5) is 24.5. The van der Waals surface area contributed by atoms with Crippen molar-refractivity contribution < 1.29 is 9.53 Å². The monoisotopic (exact) mass is 405 g/mol. The highest BCUT2D eigenvalue weighted by molar-refractivity contribution is 5.91. The minimum atomic E-state index is -0.179. The third-order valence-corrected chi connectivity index (χ3v) is 4.77. The molecule has 0 unspecified atom stereocenters. The maximum absolute atomic E-state index is 12.3. The van der Waals surface area contributed by atoms with Crippen molar-refractivity contribution in [2.45, 2.75) is 39.7 Å². The number of aromatic nitrogens is 2. The van der Waals surface area contributed by atoms with E-state index in [1.165, 1.54) is 10.7 Å². The van der Waals surface area contributed by atoms with Crippen molar-refractivity contribution in [1.29, 1.82) is 0 Å². The summed E-state index contributed by atoms with van der Waals surface area (Å²) < 4.78 is 6.87. The van der Waals surface area contributed by atoms with Gasteiger partial charge in [-0.3, -0.25) is 9.59 Å². The van der Waals surface area contributed by atoms with Crippen molar-refractivity contribution >= 4 is 11.6 Å². The molecular weight excluding hydrogens is 378 g/mol. The van der Waals surface area contributed by atoms with E-state index in [1.807, 2.05) is 55.5 Å². The van der Waals surface area contributed by atoms with Gasteiger partial charge in [0.05, 0.1) is 12.3 Å². The fourth-order valence-corrected chi connectivity index (χ4v) is 3.20. The number of benzene rings is 2. The van der Waals surface area contributed by atoms with Gasteiger partial charge in [0.15, 0.2) is 0 Å². The molecule has 0 aliphatic rings. The van der Waals surface area contributed by atoms with E-state index in [0.717, 1.165) is 29.0 Å². The van der Waals surface area contributed by atoms with Crippen molar-refractivity contribution in [1.82, 2.24) is 9.78 Å². The quantitative estimate of drug-likeness (QED) is 0.576. The molecule has 1 aromatic heterocycles. The Hall–Kier alpha value is -3.41. The van der Waals surface area contributed by atoms with Crippen LogP contribution in [0.2, 0.25) is 0 Å². The van der Waals surface area contributed by atoms with Gasteiger partial charge in [0, 0.05) is 30.3 Å². The first-order valence-electron chi connectivity index (χ1n) is 10.3. The van der Waals surface area contributed by atoms with Crippen LogP contribution in [0.25, 0.3) is 11.3 Å². The molecule has 0 saturated carbocycles. The summed E-state index contributed by atoms with van der Waals surface area (Å²) in [5.41, 5.74) is 3.38. The summed E-state index contributed by atoms with van der Waals surface area (Å²) in [6, 6.07) is 18.6. The summed E-state index contributed by atoms with van der Waals surface area (Å²) in [5, 5.41) is 7.41. The minimum absolute atomic E-state index is 0.0633. The smallest absolute Gasteiger partial charge is 0.266 e. The highest BCUT2D eigenvalue weighted by atomic mass is 16.5. The first-order valence-corrected chi connectivity index (χ1v) is 10.3. The lowest BCUT2D eigenvalue weighted by Crippen LogP contribution is -2.23. The van der Waals surface area contributed by atoms with E-state index in [1.54, 1.807) is 6.07 Å². The molecule has 30 heavy (non-hydrogen) atoms. The lowest BCUT2D eigenvalue weighted by atomic mass is 10.1. The zero-order valence-electron chi connectivity index (χ0n) is 17.4. The molecule has 156 valence electrons. The van der Waals surface area contributed by atoms with Gasteiger partial charge in [0.25, 0.3) is 5.56 Å². The molecule has 0 bridgehead atoms. The van der Waals surface area contributed by atoms with Gasteiger partial charge in [0.2, 0.25) is 5.91 Å². The van der Waals surface area contributed by atoms with Gasteiger partial charge in [0.1, 0.15) is 5.75 Å². The van der Waals surface area contributed by atoms with E-state index in [9.17, 15) is 9.59 Å². The van der Waals surface area contributed by atoms with Gasteiger partial charge in [-0.1, -0.05) is 25.1 Å². The Labute approximate surface area is 176 Å². The molecule has 0 radical (unpaired) electrons. The fraction of sp³-hybridized carbons (Fsp3) is 0.292. The summed E-state index contributed by atoms with van der Waals surface area (Å²) >= 11 is 0. The Bertz CT molecular complexity index is 1040. The van der Waals surface area contributed by atoms with Crippen LogP contribution in [-0.4, -0.2) is 22.3 Å². The standard InChI is InChI=1S/C24H27N3O3/c1-3-18-8-5-6-9-21(18)25-23(28)10-7-17-27-24(29)16-15-22(26-27)19-11-13-20(14-12-19)30-4-2/h5-6,8-9,11-16H,3-4,7,10,17H2,1-2H3,(H,25,28). The average molecular weight is 405 g/mol. The second kappa shape index (κ2) is 10.4. The fourth-order valence-electron chi connectivity index (χ4n) is 3.20. The SMILES string of the molecule is CCOc1ccc(-c2ccc(=O)n(CCCC(=O)Nc3ccccc3CC)n2)cc1. The summed E-state index contributed by atoms with van der Waals surface area (Å²) in [6.07, 6.45) is 1.70. The maximum Gasteiger partial charge on any atom is 0.266 e. The predicted octanol–water partition coefficient (Wildman–Crippen LogP) is 4.29. The topological polar surface area (TPSA) is 73.2 Å². The second-order valence-corrected chi connectivity index (χ2v) is 6.90. The Morgan fingerprint density at radius 2 is 1.80 bits per heavy atom. The van der Waals surface area contributed by atoms with Crippen molar-refractivity contribution in [2.75, 3.05) is 11.9 Å². The molecule has 6 heteroatoms. The second-order valence-electron chi connectivity index (χ2n) is 6.90. The Morgan fingerprint density at radius 3 is 2.53 bits per heavy atom. The van der Waals surface area contributed by atoms with Crippen LogP contribution in [0, 0.1) is 0 Å². The minimum Gasteiger partial charge on any atom is -0.494 e. The normalized spacial score (nSPS) is 10.6. The molecule has 0 saturated heterocycles. The van der Waals surface area contributed by atoms with Crippen LogP contribution in [0.15, 0.2) is 65.5 Å². The molecule has 1 N–H and O–H groups in total. The van der Waals surface area contributed by atoms with Gasteiger partial charge < -0.3 is 10.1 Å². The number of aryl methyl sites for hydroxylation is 2. The number of amides is 1. The number of rotatable bonds is 9. The van der Waals surface area contributed by atoms with Crippen LogP contribution >= 0.6 is 0 Å². The van der Waals surface area contributed by atoms with Crippen LogP contribution in [0.5, 0.6) is 5.75 Å². The zero-order chi connectivity index (χ0) is 21.3. The van der Waals surface area contributed by atoms with Crippen molar-refractivity contribution in [3.8, 4) is 17.0 Å². The van der Waals surface area contributed by atoms with E-state index in [0.29, 0.717) is 31.7 Å². The maximum atomic E-state index is 12.3. The first kappa shape index (κ1) is 21.3. The number of hydrogen-bond acceptors (Lipinski definition) is 4. The van der Waals surface area contributed by atoms with Crippen LogP contribution in [-0.2, 0) is 17.8 Å². The van der Waals surface area contributed by atoms with Gasteiger partial charge in [-0.05, 0) is 61.7 Å². The summed E-state index contributed by atoms with van der Waals surface area (Å²) in [5.74, 6) is 0.733. The Morgan fingerprint density at radius 1 is 1.03 bits per heavy atom. The number of carbonyl (C=O) groups is 1. The number of carbonyl (C=O) groups excluding carboxylic acids is 1. The Balaban J connectivity index is 1.60. The van der Waals surface area contributed by atoms with E-state index in [2.05, 4.69) is 17.3 Å². The number of para-hydroxylation sites is 1. The van der Waals surface area contributed by atoms with Crippen molar-refractivity contribution in [3.63, 3.8) is 0 Å². The largest absolute Gasteiger partial charge is 0.494 e. The number of ether oxygens (including phenoxy) is 1. The van der Waals surface area contributed by atoms with Gasteiger partial charge in [-0.2, -0.15) is 5.10 Å². The third kappa shape index (κ3) is 5.56. The van der Waals surface area contributed by atoms with E-state index in [4.69, 9.17) is 4.74 Å². The Kier molecular flexibility index (Phi) is 7.38. The van der Waals surface area contributed by atoms with Crippen LogP contribution in [0.4, 0.5) is 5.69 Å². The van der Waals surface area contributed by atoms with E-state index in [-0.39, 0.29) is 11.5 Å². The molecule has 0 atom stereocenters. The van der Waals surface area contributed by atoms with Crippen LogP contribution < -0.4 is 15.6 Å². The molecule has 0 spiro atoms. The van der Waals surface area contributed by atoms with E-state index >= 15 is 0 Å². The lowest BCUT2D eigenvalue weighted by molar-refractivity contribution is -0.116. The number of nitrogens with one attached hydrogen (secondary N) is 1. The predicted molar refractivity (Wildman–Crippen MR) is 119 cm³/mol. The number of hydrogen-bond donors (Lipinski definition) is 1. The zero-order valence-corrected chi connectivity index (χ0v) is 17.4. The molecule has 0 aliphatic heterocycles. The van der Waals surface area contributed by atoms with Crippen LogP contribution in [0.3, 0.4) is 0 Å². The van der Waals surface area contributed by atoms with Crippen molar-refractivity contribution in [3.05, 3.63) is 76.6 Å². The highest BCUT2D eigenvalue weighted by Crippen LogP contribution is 2.20. The molecule has 1 heterocycles. The highest BCUT2D eigenvalue weighted by Gasteiger charge is 2.08. The molecule has 6 nitrogen and oxygen atoms in total. The van der Waals surface area contributed by atoms with Gasteiger partial charge in [-0.25, -0.2) is 4.68 Å². The number of anilines is 1. The van der Waals surface area contributed by atoms with Gasteiger partial charge in [-0.15, -0.1) is 0 Å². The lowest BCUT2D eigenvalue weighted by Gasteiger charge is -2.10. The first-order chi connectivity index (χ1) is 14.6. The molecule has 0 aliphatic carbocycles. The van der Waals surface area contributed by atoms with Crippen LogP contribution in [0.1, 0.15) is 32.3 Å². The molecule has 2 aromatic carbocycles. The molecular formula is C24H27N3O3. The average Bonchev–Trinajstić information content (AvgIpc) is 2.76. The summed E-state index contributed by atoms with van der Waals surface area (Å²) in [7, 11) is 0. The molecule has 0 fully saturated rings. The number of nitrogens with zero attached hydrogens (tertiary/aromatic N) is 2. The molecule has 3 rings (SSSR count). The van der Waals surface area contributed by atoms with Crippen molar-refractivity contribution in [2.24, 2.45) is 0 Å². The molecule has 1 amide bonds. The summed E-state index contributed by atoms with van der Waals surface area (Å²) in [6.45, 7) is 4.99. The third-order valence-electron chi connectivity index (χ3n) is 4.77.